The quantitative estimate of drug-likeness (QED) is 0.291. The standard InChI is InChI=1S/C29H29N3O4S/c1-4-35-28(34)19(3)36-23-16-12-21(13-17-23)26-24(27(33)30-22-14-10-18(2)11-15-22)25(31-29(37)32-26)20-8-6-5-7-9-20/h5-17,19,26H,4H2,1-3H3,(H,30,33)(H2,31,32,37)/t19-,26+/m0/s1. The number of benzene rings is 3. The van der Waals surface area contributed by atoms with Crippen molar-refractivity contribution in [1.29, 1.82) is 0 Å². The molecule has 1 heterocycles. The van der Waals surface area contributed by atoms with Gasteiger partial charge in [0, 0.05) is 5.69 Å². The average Bonchev–Trinajstić information content (AvgIpc) is 2.90. The molecular formula is C29H29N3O4S. The number of rotatable bonds is 8. The van der Waals surface area contributed by atoms with Gasteiger partial charge < -0.3 is 25.4 Å². The smallest absolute Gasteiger partial charge is 0.347 e. The van der Waals surface area contributed by atoms with Crippen LogP contribution in [0.3, 0.4) is 0 Å². The fourth-order valence-corrected chi connectivity index (χ4v) is 4.20. The first-order chi connectivity index (χ1) is 17.9. The van der Waals surface area contributed by atoms with Gasteiger partial charge in [-0.05, 0) is 68.4 Å². The Bertz CT molecular complexity index is 1310. The highest BCUT2D eigenvalue weighted by Crippen LogP contribution is 2.33. The van der Waals surface area contributed by atoms with Crippen molar-refractivity contribution in [3.8, 4) is 5.75 Å². The molecule has 0 saturated heterocycles. The van der Waals surface area contributed by atoms with Crippen LogP contribution in [0.25, 0.3) is 5.70 Å². The first-order valence-electron chi connectivity index (χ1n) is 12.0. The van der Waals surface area contributed by atoms with Gasteiger partial charge in [0.2, 0.25) is 0 Å². The van der Waals surface area contributed by atoms with E-state index in [0.29, 0.717) is 27.8 Å². The molecule has 1 aliphatic heterocycles. The SMILES string of the molecule is CCOC(=O)[C@H](C)Oc1ccc([C@H]2NC(=S)NC(c3ccccc3)=C2C(=O)Nc2ccc(C)cc2)cc1. The van der Waals surface area contributed by atoms with Crippen LogP contribution in [0.5, 0.6) is 5.75 Å². The summed E-state index contributed by atoms with van der Waals surface area (Å²) in [6, 6.07) is 23.9. The van der Waals surface area contributed by atoms with Crippen LogP contribution in [0.2, 0.25) is 0 Å². The maximum absolute atomic E-state index is 13.7. The Kier molecular flexibility index (Phi) is 8.20. The zero-order valence-electron chi connectivity index (χ0n) is 20.9. The summed E-state index contributed by atoms with van der Waals surface area (Å²) in [7, 11) is 0. The summed E-state index contributed by atoms with van der Waals surface area (Å²) in [6.45, 7) is 5.67. The minimum Gasteiger partial charge on any atom is -0.479 e. The molecule has 0 spiro atoms. The van der Waals surface area contributed by atoms with E-state index >= 15 is 0 Å². The predicted molar refractivity (Wildman–Crippen MR) is 148 cm³/mol. The number of anilines is 1. The van der Waals surface area contributed by atoms with Crippen molar-refractivity contribution in [3.63, 3.8) is 0 Å². The van der Waals surface area contributed by atoms with Crippen molar-refractivity contribution >= 4 is 40.6 Å². The van der Waals surface area contributed by atoms with E-state index in [-0.39, 0.29) is 12.5 Å². The Morgan fingerprint density at radius 3 is 2.32 bits per heavy atom. The molecule has 7 nitrogen and oxygen atoms in total. The number of esters is 1. The van der Waals surface area contributed by atoms with Crippen LogP contribution in [0.4, 0.5) is 5.69 Å². The molecule has 0 unspecified atom stereocenters. The van der Waals surface area contributed by atoms with Crippen LogP contribution in [-0.4, -0.2) is 29.7 Å². The lowest BCUT2D eigenvalue weighted by atomic mass is 9.92. The topological polar surface area (TPSA) is 88.7 Å². The van der Waals surface area contributed by atoms with E-state index in [1.165, 1.54) is 0 Å². The molecule has 3 aromatic carbocycles. The number of hydrogen-bond donors (Lipinski definition) is 3. The molecule has 0 fully saturated rings. The van der Waals surface area contributed by atoms with E-state index in [0.717, 1.165) is 16.7 Å². The first kappa shape index (κ1) is 25.9. The zero-order valence-corrected chi connectivity index (χ0v) is 21.7. The van der Waals surface area contributed by atoms with Crippen LogP contribution < -0.4 is 20.7 Å². The van der Waals surface area contributed by atoms with Crippen LogP contribution >= 0.6 is 12.2 Å². The lowest BCUT2D eigenvalue weighted by Gasteiger charge is -2.32. The van der Waals surface area contributed by atoms with Gasteiger partial charge in [0.05, 0.1) is 23.9 Å². The lowest BCUT2D eigenvalue weighted by molar-refractivity contribution is -0.150. The summed E-state index contributed by atoms with van der Waals surface area (Å²) in [5, 5.41) is 9.85. The number of ether oxygens (including phenoxy) is 2. The molecule has 0 radical (unpaired) electrons. The average molecular weight is 516 g/mol. The maximum atomic E-state index is 13.7. The fourth-order valence-electron chi connectivity index (χ4n) is 3.98. The summed E-state index contributed by atoms with van der Waals surface area (Å²) in [5.41, 5.74) is 4.57. The summed E-state index contributed by atoms with van der Waals surface area (Å²) < 4.78 is 10.7. The number of hydrogen-bond acceptors (Lipinski definition) is 5. The molecule has 8 heteroatoms. The number of amides is 1. The number of aryl methyl sites for hydroxylation is 1. The van der Waals surface area contributed by atoms with E-state index in [1.54, 1.807) is 26.0 Å². The minimum absolute atomic E-state index is 0.258. The molecule has 0 saturated carbocycles. The third-order valence-corrected chi connectivity index (χ3v) is 6.05. The molecule has 37 heavy (non-hydrogen) atoms. The second-order valence-corrected chi connectivity index (χ2v) is 9.00. The van der Waals surface area contributed by atoms with Crippen molar-refractivity contribution in [3.05, 3.63) is 101 Å². The third-order valence-electron chi connectivity index (χ3n) is 5.83. The first-order valence-corrected chi connectivity index (χ1v) is 12.4. The highest BCUT2D eigenvalue weighted by atomic mass is 32.1. The molecule has 1 aliphatic rings. The molecule has 3 aromatic rings. The van der Waals surface area contributed by atoms with E-state index in [1.807, 2.05) is 73.7 Å². The lowest BCUT2D eigenvalue weighted by Crippen LogP contribution is -2.45. The molecule has 0 aliphatic carbocycles. The van der Waals surface area contributed by atoms with Crippen molar-refractivity contribution < 1.29 is 19.1 Å². The molecule has 0 aromatic heterocycles. The minimum atomic E-state index is -0.740. The van der Waals surface area contributed by atoms with Gasteiger partial charge in [0.1, 0.15) is 5.75 Å². The maximum Gasteiger partial charge on any atom is 0.347 e. The van der Waals surface area contributed by atoms with E-state index < -0.39 is 18.1 Å². The van der Waals surface area contributed by atoms with Crippen LogP contribution in [-0.2, 0) is 14.3 Å². The van der Waals surface area contributed by atoms with Gasteiger partial charge in [-0.15, -0.1) is 0 Å². The van der Waals surface area contributed by atoms with E-state index in [4.69, 9.17) is 21.7 Å². The van der Waals surface area contributed by atoms with Gasteiger partial charge in [0.25, 0.3) is 5.91 Å². The number of carbonyl (C=O) groups excluding carboxylic acids is 2. The van der Waals surface area contributed by atoms with Crippen molar-refractivity contribution in [2.75, 3.05) is 11.9 Å². The van der Waals surface area contributed by atoms with Crippen LogP contribution in [0, 0.1) is 6.92 Å². The molecule has 0 bridgehead atoms. The van der Waals surface area contributed by atoms with Crippen LogP contribution in [0.15, 0.2) is 84.4 Å². The summed E-state index contributed by atoms with van der Waals surface area (Å²) in [5.74, 6) is -0.173. The number of nitrogens with one attached hydrogen (secondary N) is 3. The number of carbonyl (C=O) groups is 2. The van der Waals surface area contributed by atoms with Crippen molar-refractivity contribution in [1.82, 2.24) is 10.6 Å². The molecule has 190 valence electrons. The second kappa shape index (κ2) is 11.7. The Morgan fingerprint density at radius 1 is 1.00 bits per heavy atom. The van der Waals surface area contributed by atoms with E-state index in [9.17, 15) is 9.59 Å². The monoisotopic (exact) mass is 515 g/mol. The summed E-state index contributed by atoms with van der Waals surface area (Å²) in [4.78, 5) is 25.6. The Morgan fingerprint density at radius 2 is 1.68 bits per heavy atom. The molecule has 4 rings (SSSR count). The Hall–Kier alpha value is -4.17. The van der Waals surface area contributed by atoms with Crippen molar-refractivity contribution in [2.45, 2.75) is 32.9 Å². The highest BCUT2D eigenvalue weighted by Gasteiger charge is 2.32. The summed E-state index contributed by atoms with van der Waals surface area (Å²) in [6.07, 6.45) is -0.740. The van der Waals surface area contributed by atoms with Gasteiger partial charge >= 0.3 is 5.97 Å². The van der Waals surface area contributed by atoms with Gasteiger partial charge in [-0.3, -0.25) is 4.79 Å². The van der Waals surface area contributed by atoms with Crippen LogP contribution in [0.1, 0.15) is 36.6 Å². The zero-order chi connectivity index (χ0) is 26.4. The third kappa shape index (κ3) is 6.34. The van der Waals surface area contributed by atoms with Gasteiger partial charge in [-0.2, -0.15) is 0 Å². The van der Waals surface area contributed by atoms with E-state index in [2.05, 4.69) is 16.0 Å². The highest BCUT2D eigenvalue weighted by molar-refractivity contribution is 7.80. The fraction of sp³-hybridized carbons (Fsp3) is 0.207. The van der Waals surface area contributed by atoms with Gasteiger partial charge in [-0.25, -0.2) is 4.79 Å². The predicted octanol–water partition coefficient (Wildman–Crippen LogP) is 4.89. The summed E-state index contributed by atoms with van der Waals surface area (Å²) >= 11 is 5.52. The largest absolute Gasteiger partial charge is 0.479 e. The molecule has 3 N–H and O–H groups in total. The molecule has 1 amide bonds. The van der Waals surface area contributed by atoms with Gasteiger partial charge in [0.15, 0.2) is 11.2 Å². The number of thiocarbonyl (C=S) groups is 1. The Labute approximate surface area is 221 Å². The van der Waals surface area contributed by atoms with Crippen molar-refractivity contribution in [2.24, 2.45) is 0 Å². The Balaban J connectivity index is 1.69. The molecular weight excluding hydrogens is 486 g/mol. The van der Waals surface area contributed by atoms with Gasteiger partial charge in [-0.1, -0.05) is 60.2 Å². The normalized spacial score (nSPS) is 15.8. The molecule has 2 atom stereocenters. The second-order valence-electron chi connectivity index (χ2n) is 8.59.